The van der Waals surface area contributed by atoms with E-state index in [0.29, 0.717) is 35.1 Å². The van der Waals surface area contributed by atoms with Gasteiger partial charge in [0.1, 0.15) is 11.9 Å². The van der Waals surface area contributed by atoms with Crippen molar-refractivity contribution in [2.75, 3.05) is 27.5 Å². The standard InChI is InChI=1S/C39H36N8O3/c1-23-10-13-30(19-34(23)47-22-29-20-41-38(45-36(29)46(4)39(47)50)44-31-14-11-24(2)40-21-31)43-37(49)27-12-15-32-25(3)42-33(35(48)18-28(32)17-27)16-26-8-6-5-7-9-26/h5-15,17,19-21,33H,16,18,22H2,1-4H3,(H,43,49)(H,41,44,45)/t33-/m1/s1. The zero-order valence-electron chi connectivity index (χ0n) is 28.3. The van der Waals surface area contributed by atoms with E-state index in [1.807, 2.05) is 81.4 Å². The van der Waals surface area contributed by atoms with Crippen LogP contribution in [0.3, 0.4) is 0 Å². The topological polar surface area (TPSA) is 133 Å². The van der Waals surface area contributed by atoms with Crippen molar-refractivity contribution in [1.82, 2.24) is 15.0 Å². The lowest BCUT2D eigenvalue weighted by Gasteiger charge is -2.35. The molecule has 50 heavy (non-hydrogen) atoms. The SMILES string of the molecule is CC1=N[C@H](Cc2ccccc2)C(=O)Cc2cc(C(=O)Nc3ccc(C)c(N4Cc5cnc(Nc6ccc(C)nc6)nc5N(C)C4=O)c3)ccc21. The number of rotatable bonds is 7. The molecular weight excluding hydrogens is 628 g/mol. The summed E-state index contributed by atoms with van der Waals surface area (Å²) in [6.07, 6.45) is 4.14. The first-order valence-corrected chi connectivity index (χ1v) is 16.4. The van der Waals surface area contributed by atoms with Gasteiger partial charge in [-0.25, -0.2) is 9.78 Å². The molecule has 7 rings (SSSR count). The number of fused-ring (bicyclic) bond motifs is 2. The van der Waals surface area contributed by atoms with Crippen LogP contribution in [-0.2, 0) is 24.2 Å². The van der Waals surface area contributed by atoms with Crippen LogP contribution >= 0.6 is 0 Å². The number of anilines is 5. The summed E-state index contributed by atoms with van der Waals surface area (Å²) in [5.74, 6) is 0.575. The second-order valence-corrected chi connectivity index (χ2v) is 12.7. The second kappa shape index (κ2) is 13.3. The number of carbonyl (C=O) groups excluding carboxylic acids is 3. The molecular formula is C39H36N8O3. The molecule has 250 valence electrons. The molecule has 0 bridgehead atoms. The maximum absolute atomic E-state index is 13.7. The number of nitrogens with zero attached hydrogens (tertiary/aromatic N) is 6. The maximum atomic E-state index is 13.7. The summed E-state index contributed by atoms with van der Waals surface area (Å²) < 4.78 is 0. The highest BCUT2D eigenvalue weighted by molar-refractivity contribution is 6.09. The highest BCUT2D eigenvalue weighted by Crippen LogP contribution is 2.33. The van der Waals surface area contributed by atoms with Crippen LogP contribution in [-0.4, -0.2) is 51.5 Å². The number of benzene rings is 3. The quantitative estimate of drug-likeness (QED) is 0.200. The van der Waals surface area contributed by atoms with Gasteiger partial charge < -0.3 is 10.6 Å². The number of carbonyl (C=O) groups is 3. The Morgan fingerprint density at radius 2 is 1.68 bits per heavy atom. The van der Waals surface area contributed by atoms with Gasteiger partial charge in [0.25, 0.3) is 5.91 Å². The Bertz CT molecular complexity index is 2160. The summed E-state index contributed by atoms with van der Waals surface area (Å²) in [4.78, 5) is 61.8. The third-order valence-electron chi connectivity index (χ3n) is 9.05. The Hall–Kier alpha value is -6.23. The van der Waals surface area contributed by atoms with E-state index in [9.17, 15) is 14.4 Å². The van der Waals surface area contributed by atoms with Gasteiger partial charge in [0, 0.05) is 54.3 Å². The first kappa shape index (κ1) is 32.3. The minimum Gasteiger partial charge on any atom is -0.323 e. The number of aliphatic imine (C=N–C) groups is 1. The highest BCUT2D eigenvalue weighted by atomic mass is 16.2. The summed E-state index contributed by atoms with van der Waals surface area (Å²) in [5.41, 5.74) is 8.38. The number of aryl methyl sites for hydroxylation is 2. The van der Waals surface area contributed by atoms with E-state index in [1.165, 1.54) is 4.90 Å². The van der Waals surface area contributed by atoms with Crippen LogP contribution in [0.4, 0.5) is 33.6 Å². The van der Waals surface area contributed by atoms with Gasteiger partial charge >= 0.3 is 6.03 Å². The van der Waals surface area contributed by atoms with E-state index >= 15 is 0 Å². The summed E-state index contributed by atoms with van der Waals surface area (Å²) >= 11 is 0. The van der Waals surface area contributed by atoms with Gasteiger partial charge in [0.15, 0.2) is 5.78 Å². The van der Waals surface area contributed by atoms with Crippen molar-refractivity contribution < 1.29 is 14.4 Å². The second-order valence-electron chi connectivity index (χ2n) is 12.7. The predicted octanol–water partition coefficient (Wildman–Crippen LogP) is 6.61. The first-order chi connectivity index (χ1) is 24.1. The van der Waals surface area contributed by atoms with Gasteiger partial charge in [-0.15, -0.1) is 0 Å². The Labute approximate surface area is 290 Å². The number of aromatic nitrogens is 3. The number of urea groups is 1. The zero-order valence-corrected chi connectivity index (χ0v) is 28.3. The molecule has 0 aliphatic carbocycles. The fourth-order valence-corrected chi connectivity index (χ4v) is 6.32. The minimum absolute atomic E-state index is 0.0203. The van der Waals surface area contributed by atoms with Crippen LogP contribution in [0.15, 0.2) is 96.2 Å². The summed E-state index contributed by atoms with van der Waals surface area (Å²) in [7, 11) is 1.68. The van der Waals surface area contributed by atoms with Gasteiger partial charge in [-0.1, -0.05) is 42.5 Å². The summed E-state index contributed by atoms with van der Waals surface area (Å²) in [6.45, 7) is 6.00. The van der Waals surface area contributed by atoms with Gasteiger partial charge in [0.2, 0.25) is 5.95 Å². The molecule has 0 radical (unpaired) electrons. The van der Waals surface area contributed by atoms with Crippen molar-refractivity contribution in [2.45, 2.75) is 46.2 Å². The average molecular weight is 665 g/mol. The lowest BCUT2D eigenvalue weighted by Crippen LogP contribution is -2.46. The van der Waals surface area contributed by atoms with Crippen LogP contribution in [0.5, 0.6) is 0 Å². The molecule has 0 fully saturated rings. The van der Waals surface area contributed by atoms with Crippen molar-refractivity contribution in [1.29, 1.82) is 0 Å². The average Bonchev–Trinajstić information content (AvgIpc) is 3.23. The third-order valence-corrected chi connectivity index (χ3v) is 9.05. The minimum atomic E-state index is -0.474. The zero-order chi connectivity index (χ0) is 34.9. The molecule has 2 aliphatic heterocycles. The van der Waals surface area contributed by atoms with Crippen LogP contribution in [0.2, 0.25) is 0 Å². The molecule has 0 saturated carbocycles. The molecule has 0 saturated heterocycles. The number of ketones is 1. The smallest absolute Gasteiger partial charge is 0.323 e. The van der Waals surface area contributed by atoms with E-state index in [0.717, 1.165) is 44.9 Å². The molecule has 4 heterocycles. The highest BCUT2D eigenvalue weighted by Gasteiger charge is 2.32. The van der Waals surface area contributed by atoms with E-state index in [-0.39, 0.29) is 30.7 Å². The van der Waals surface area contributed by atoms with E-state index in [4.69, 9.17) is 4.99 Å². The molecule has 0 unspecified atom stereocenters. The monoisotopic (exact) mass is 664 g/mol. The predicted molar refractivity (Wildman–Crippen MR) is 195 cm³/mol. The number of nitrogens with one attached hydrogen (secondary N) is 2. The van der Waals surface area contributed by atoms with Gasteiger partial charge in [0.05, 0.1) is 24.1 Å². The van der Waals surface area contributed by atoms with Gasteiger partial charge in [-0.2, -0.15) is 4.98 Å². The van der Waals surface area contributed by atoms with Crippen molar-refractivity contribution >= 4 is 52.3 Å². The molecule has 3 aromatic carbocycles. The summed E-state index contributed by atoms with van der Waals surface area (Å²) in [6, 6.07) is 23.8. The Morgan fingerprint density at radius 3 is 2.46 bits per heavy atom. The number of pyridine rings is 1. The molecule has 2 N–H and O–H groups in total. The number of amides is 3. The molecule has 3 amide bonds. The third kappa shape index (κ3) is 6.57. The van der Waals surface area contributed by atoms with Gasteiger partial charge in [-0.3, -0.25) is 29.4 Å². The molecule has 5 aromatic rings. The lowest BCUT2D eigenvalue weighted by molar-refractivity contribution is -0.119. The van der Waals surface area contributed by atoms with Crippen molar-refractivity contribution in [3.8, 4) is 0 Å². The molecule has 11 nitrogen and oxygen atoms in total. The Balaban J connectivity index is 1.07. The first-order valence-electron chi connectivity index (χ1n) is 16.4. The Kier molecular flexibility index (Phi) is 8.63. The van der Waals surface area contributed by atoms with Gasteiger partial charge in [-0.05, 0) is 79.4 Å². The largest absolute Gasteiger partial charge is 0.330 e. The van der Waals surface area contributed by atoms with Crippen molar-refractivity contribution in [3.63, 3.8) is 0 Å². The molecule has 1 atom stereocenters. The molecule has 11 heteroatoms. The van der Waals surface area contributed by atoms with Crippen LogP contribution in [0.25, 0.3) is 0 Å². The number of hydrogen-bond acceptors (Lipinski definition) is 8. The van der Waals surface area contributed by atoms with Crippen LogP contribution in [0, 0.1) is 13.8 Å². The van der Waals surface area contributed by atoms with Crippen molar-refractivity contribution in [2.24, 2.45) is 4.99 Å². The normalized spacial score (nSPS) is 15.5. The summed E-state index contributed by atoms with van der Waals surface area (Å²) in [5, 5.41) is 6.13. The van der Waals surface area contributed by atoms with Crippen LogP contribution in [0.1, 0.15) is 50.8 Å². The van der Waals surface area contributed by atoms with Crippen molar-refractivity contribution in [3.05, 3.63) is 130 Å². The molecule has 0 spiro atoms. The Morgan fingerprint density at radius 1 is 0.880 bits per heavy atom. The maximum Gasteiger partial charge on any atom is 0.330 e. The van der Waals surface area contributed by atoms with Crippen LogP contribution < -0.4 is 20.4 Å². The van der Waals surface area contributed by atoms with E-state index in [1.54, 1.807) is 42.5 Å². The fourth-order valence-electron chi connectivity index (χ4n) is 6.32. The molecule has 2 aromatic heterocycles. The number of hydrogen-bond donors (Lipinski definition) is 2. The number of Topliss-reactive ketones (excluding diaryl/α,β-unsaturated/α-hetero) is 1. The molecule has 2 aliphatic rings. The lowest BCUT2D eigenvalue weighted by atomic mass is 9.95. The fraction of sp³-hybridized carbons (Fsp3) is 0.205. The van der Waals surface area contributed by atoms with E-state index < -0.39 is 6.04 Å². The van der Waals surface area contributed by atoms with E-state index in [2.05, 4.69) is 25.6 Å².